The van der Waals surface area contributed by atoms with Crippen LogP contribution in [-0.4, -0.2) is 21.0 Å². The topological polar surface area (TPSA) is 63.1 Å². The average Bonchev–Trinajstić information content (AvgIpc) is 2.49. The van der Waals surface area contributed by atoms with E-state index in [0.717, 1.165) is 10.3 Å². The summed E-state index contributed by atoms with van der Waals surface area (Å²) in [5.41, 5.74) is 0.634. The van der Waals surface area contributed by atoms with E-state index in [1.807, 2.05) is 18.2 Å². The maximum atomic E-state index is 11.2. The molecule has 0 fully saturated rings. The third-order valence-corrected chi connectivity index (χ3v) is 4.32. The molecule has 21 heavy (non-hydrogen) atoms. The van der Waals surface area contributed by atoms with Crippen molar-refractivity contribution in [1.29, 1.82) is 0 Å². The van der Waals surface area contributed by atoms with Crippen LogP contribution in [0.2, 0.25) is 5.02 Å². The molecule has 2 heterocycles. The summed E-state index contributed by atoms with van der Waals surface area (Å²) in [6, 6.07) is 12.4. The monoisotopic (exact) mass is 316 g/mol. The lowest BCUT2D eigenvalue weighted by atomic mass is 10.2. The molecule has 0 bridgehead atoms. The highest BCUT2D eigenvalue weighted by Crippen LogP contribution is 2.35. The molecule has 0 aliphatic heterocycles. The highest BCUT2D eigenvalue weighted by atomic mass is 35.5. The number of fused-ring (bicyclic) bond motifs is 1. The number of hydrogen-bond acceptors (Lipinski definition) is 4. The van der Waals surface area contributed by atoms with E-state index >= 15 is 0 Å². The van der Waals surface area contributed by atoms with Gasteiger partial charge in [0.2, 0.25) is 0 Å². The first-order valence-corrected chi connectivity index (χ1v) is 7.26. The van der Waals surface area contributed by atoms with Crippen LogP contribution in [0.15, 0.2) is 58.6 Å². The van der Waals surface area contributed by atoms with Crippen molar-refractivity contribution in [3.05, 3.63) is 59.4 Å². The van der Waals surface area contributed by atoms with Crippen LogP contribution in [0, 0.1) is 0 Å². The lowest BCUT2D eigenvalue weighted by molar-refractivity contribution is 0.0690. The highest BCUT2D eigenvalue weighted by molar-refractivity contribution is 7.99. The molecule has 4 nitrogen and oxygen atoms in total. The molecule has 0 radical (unpaired) electrons. The van der Waals surface area contributed by atoms with E-state index < -0.39 is 5.97 Å². The second kappa shape index (κ2) is 5.71. The zero-order valence-corrected chi connectivity index (χ0v) is 12.2. The van der Waals surface area contributed by atoms with Crippen LogP contribution in [0.1, 0.15) is 10.5 Å². The van der Waals surface area contributed by atoms with E-state index in [9.17, 15) is 9.90 Å². The van der Waals surface area contributed by atoms with Crippen molar-refractivity contribution in [2.45, 2.75) is 9.92 Å². The molecular weight excluding hydrogens is 308 g/mol. The Morgan fingerprint density at radius 2 is 2.00 bits per heavy atom. The van der Waals surface area contributed by atoms with Gasteiger partial charge in [0.15, 0.2) is 0 Å². The molecule has 0 atom stereocenters. The molecular formula is C15H9ClN2O2S. The van der Waals surface area contributed by atoms with Gasteiger partial charge < -0.3 is 5.11 Å². The predicted molar refractivity (Wildman–Crippen MR) is 82.1 cm³/mol. The van der Waals surface area contributed by atoms with Gasteiger partial charge in [-0.05, 0) is 24.3 Å². The molecule has 1 aromatic carbocycles. The number of aromatic carboxylic acids is 1. The number of hydrogen-bond donors (Lipinski definition) is 1. The zero-order valence-electron chi connectivity index (χ0n) is 10.7. The Kier molecular flexibility index (Phi) is 3.77. The zero-order chi connectivity index (χ0) is 14.8. The fraction of sp³-hybridized carbons (Fsp3) is 0. The summed E-state index contributed by atoms with van der Waals surface area (Å²) >= 11 is 7.44. The molecule has 0 saturated carbocycles. The Morgan fingerprint density at radius 3 is 2.76 bits per heavy atom. The molecule has 3 aromatic rings. The van der Waals surface area contributed by atoms with Crippen LogP contribution in [-0.2, 0) is 0 Å². The molecule has 1 N–H and O–H groups in total. The number of carbonyl (C=O) groups is 1. The van der Waals surface area contributed by atoms with Crippen molar-refractivity contribution in [3.63, 3.8) is 0 Å². The summed E-state index contributed by atoms with van der Waals surface area (Å²) in [5, 5.41) is 11.2. The first-order chi connectivity index (χ1) is 10.1. The van der Waals surface area contributed by atoms with E-state index in [2.05, 4.69) is 9.97 Å². The molecule has 0 aliphatic carbocycles. The van der Waals surface area contributed by atoms with E-state index in [1.165, 1.54) is 11.8 Å². The Balaban J connectivity index is 2.16. The molecule has 0 spiro atoms. The number of nitrogens with zero attached hydrogens (tertiary/aromatic N) is 2. The van der Waals surface area contributed by atoms with Crippen molar-refractivity contribution in [3.8, 4) is 0 Å². The van der Waals surface area contributed by atoms with Crippen LogP contribution in [0.25, 0.3) is 10.9 Å². The minimum Gasteiger partial charge on any atom is -0.477 e. The number of carboxylic acids is 1. The Bertz CT molecular complexity index is 839. The molecule has 6 heteroatoms. The summed E-state index contributed by atoms with van der Waals surface area (Å²) < 4.78 is 0. The largest absolute Gasteiger partial charge is 0.477 e. The first-order valence-electron chi connectivity index (χ1n) is 6.06. The van der Waals surface area contributed by atoms with Gasteiger partial charge in [-0.3, -0.25) is 0 Å². The van der Waals surface area contributed by atoms with Crippen molar-refractivity contribution in [2.75, 3.05) is 0 Å². The third kappa shape index (κ3) is 2.84. The lowest BCUT2D eigenvalue weighted by Crippen LogP contribution is -2.01. The number of carboxylic acid groups (broad SMARTS) is 1. The van der Waals surface area contributed by atoms with E-state index in [-0.39, 0.29) is 5.69 Å². The standard InChI is InChI=1S/C15H9ClN2O2S/c16-10-5-3-7-17-14(10)21-13-8-12(15(19)20)18-11-6-2-1-4-9(11)13/h1-8H,(H,19,20). The Hall–Kier alpha value is -2.11. The summed E-state index contributed by atoms with van der Waals surface area (Å²) in [5.74, 6) is -1.06. The SMILES string of the molecule is O=C(O)c1cc(Sc2ncccc2Cl)c2ccccc2n1. The maximum Gasteiger partial charge on any atom is 0.354 e. The van der Waals surface area contributed by atoms with Crippen molar-refractivity contribution >= 4 is 40.2 Å². The van der Waals surface area contributed by atoms with Gasteiger partial charge in [0.25, 0.3) is 0 Å². The van der Waals surface area contributed by atoms with Gasteiger partial charge in [-0.15, -0.1) is 0 Å². The smallest absolute Gasteiger partial charge is 0.354 e. The van der Waals surface area contributed by atoms with Crippen LogP contribution < -0.4 is 0 Å². The summed E-state index contributed by atoms with van der Waals surface area (Å²) in [7, 11) is 0. The average molecular weight is 317 g/mol. The van der Waals surface area contributed by atoms with Gasteiger partial charge >= 0.3 is 5.97 Å². The minimum atomic E-state index is -1.06. The van der Waals surface area contributed by atoms with E-state index in [1.54, 1.807) is 30.5 Å². The molecule has 104 valence electrons. The second-order valence-electron chi connectivity index (χ2n) is 4.22. The maximum absolute atomic E-state index is 11.2. The predicted octanol–water partition coefficient (Wildman–Crippen LogP) is 4.13. The first kappa shape index (κ1) is 13.9. The molecule has 3 rings (SSSR count). The minimum absolute atomic E-state index is 0.00301. The van der Waals surface area contributed by atoms with Gasteiger partial charge in [-0.25, -0.2) is 14.8 Å². The van der Waals surface area contributed by atoms with Crippen LogP contribution in [0.4, 0.5) is 0 Å². The fourth-order valence-electron chi connectivity index (χ4n) is 1.89. The Labute approximate surface area is 129 Å². The second-order valence-corrected chi connectivity index (χ2v) is 5.66. The highest BCUT2D eigenvalue weighted by Gasteiger charge is 2.13. The van der Waals surface area contributed by atoms with Crippen LogP contribution >= 0.6 is 23.4 Å². The van der Waals surface area contributed by atoms with Crippen LogP contribution in [0.3, 0.4) is 0 Å². The van der Waals surface area contributed by atoms with Gasteiger partial charge in [-0.2, -0.15) is 0 Å². The van der Waals surface area contributed by atoms with E-state index in [4.69, 9.17) is 11.6 Å². The molecule has 0 saturated heterocycles. The molecule has 0 unspecified atom stereocenters. The lowest BCUT2D eigenvalue weighted by Gasteiger charge is -2.08. The number of benzene rings is 1. The normalized spacial score (nSPS) is 10.7. The number of rotatable bonds is 3. The van der Waals surface area contributed by atoms with Crippen molar-refractivity contribution in [1.82, 2.24) is 9.97 Å². The van der Waals surface area contributed by atoms with E-state index in [0.29, 0.717) is 15.6 Å². The van der Waals surface area contributed by atoms with Gasteiger partial charge in [0, 0.05) is 16.5 Å². The Morgan fingerprint density at radius 1 is 1.19 bits per heavy atom. The summed E-state index contributed by atoms with van der Waals surface area (Å²) in [6.07, 6.45) is 1.65. The number of pyridine rings is 2. The number of para-hydroxylation sites is 1. The number of aromatic nitrogens is 2. The van der Waals surface area contributed by atoms with Crippen molar-refractivity contribution in [2.24, 2.45) is 0 Å². The number of halogens is 1. The summed E-state index contributed by atoms with van der Waals surface area (Å²) in [4.78, 5) is 20.3. The summed E-state index contributed by atoms with van der Waals surface area (Å²) in [6.45, 7) is 0. The third-order valence-electron chi connectivity index (χ3n) is 2.83. The van der Waals surface area contributed by atoms with Gasteiger partial charge in [0.1, 0.15) is 10.7 Å². The molecule has 2 aromatic heterocycles. The quantitative estimate of drug-likeness (QED) is 0.787. The van der Waals surface area contributed by atoms with Gasteiger partial charge in [-0.1, -0.05) is 41.6 Å². The molecule has 0 amide bonds. The van der Waals surface area contributed by atoms with Crippen molar-refractivity contribution < 1.29 is 9.90 Å². The van der Waals surface area contributed by atoms with Crippen LogP contribution in [0.5, 0.6) is 0 Å². The fourth-order valence-corrected chi connectivity index (χ4v) is 3.07. The van der Waals surface area contributed by atoms with Gasteiger partial charge in [0.05, 0.1) is 10.5 Å². The molecule has 0 aliphatic rings.